The minimum atomic E-state index is -3.44. The monoisotopic (exact) mass is 315 g/mol. The van der Waals surface area contributed by atoms with Crippen LogP contribution in [0.4, 0.5) is 0 Å². The predicted octanol–water partition coefficient (Wildman–Crippen LogP) is 0.790. The molecule has 2 unspecified atom stereocenters. The number of nitrogens with one attached hydrogen (secondary N) is 1. The molecule has 7 heteroatoms. The van der Waals surface area contributed by atoms with E-state index in [0.717, 1.165) is 12.1 Å². The van der Waals surface area contributed by atoms with Crippen LogP contribution in [0.15, 0.2) is 17.2 Å². The third-order valence-corrected chi connectivity index (χ3v) is 6.06. The molecular formula is C14H25N3O3S. The van der Waals surface area contributed by atoms with Crippen molar-refractivity contribution in [1.82, 2.24) is 14.2 Å². The van der Waals surface area contributed by atoms with Crippen LogP contribution < -0.4 is 5.32 Å². The molecule has 0 saturated carbocycles. The summed E-state index contributed by atoms with van der Waals surface area (Å²) in [6, 6.07) is 1.74. The first kappa shape index (κ1) is 16.5. The fourth-order valence-electron chi connectivity index (χ4n) is 2.75. The maximum absolute atomic E-state index is 12.8. The first-order chi connectivity index (χ1) is 9.90. The Balaban J connectivity index is 2.23. The van der Waals surface area contributed by atoms with E-state index < -0.39 is 10.0 Å². The minimum Gasteiger partial charge on any atom is -0.380 e. The topological polar surface area (TPSA) is 63.6 Å². The Morgan fingerprint density at radius 1 is 1.48 bits per heavy atom. The lowest BCUT2D eigenvalue weighted by molar-refractivity contribution is 0.0184. The summed E-state index contributed by atoms with van der Waals surface area (Å²) in [4.78, 5) is 0.361. The highest BCUT2D eigenvalue weighted by Gasteiger charge is 2.34. The van der Waals surface area contributed by atoms with E-state index in [2.05, 4.69) is 12.2 Å². The van der Waals surface area contributed by atoms with Crippen molar-refractivity contribution in [2.75, 3.05) is 27.2 Å². The molecule has 120 valence electrons. The normalized spacial score (nSPS) is 24.4. The summed E-state index contributed by atoms with van der Waals surface area (Å²) in [5.74, 6) is 0.386. The SMILES string of the molecule is CNCc1cc(S(=O)(=O)N2CCC(C)C(OC)C2)cn1C. The first-order valence-corrected chi connectivity index (χ1v) is 8.67. The van der Waals surface area contributed by atoms with Crippen LogP contribution in [-0.4, -0.2) is 50.6 Å². The van der Waals surface area contributed by atoms with E-state index in [4.69, 9.17) is 4.74 Å². The van der Waals surface area contributed by atoms with E-state index in [-0.39, 0.29) is 6.10 Å². The third kappa shape index (κ3) is 3.31. The summed E-state index contributed by atoms with van der Waals surface area (Å²) in [5, 5.41) is 3.04. The van der Waals surface area contributed by atoms with Crippen molar-refractivity contribution in [1.29, 1.82) is 0 Å². The van der Waals surface area contributed by atoms with Crippen molar-refractivity contribution in [3.63, 3.8) is 0 Å². The zero-order valence-corrected chi connectivity index (χ0v) is 14.0. The minimum absolute atomic E-state index is 0.0333. The lowest BCUT2D eigenvalue weighted by Gasteiger charge is -2.35. The van der Waals surface area contributed by atoms with Crippen molar-refractivity contribution >= 4 is 10.0 Å². The molecule has 0 spiro atoms. The highest BCUT2D eigenvalue weighted by Crippen LogP contribution is 2.26. The zero-order chi connectivity index (χ0) is 15.6. The number of hydrogen-bond acceptors (Lipinski definition) is 4. The molecule has 0 aromatic carbocycles. The number of aryl methyl sites for hydroxylation is 1. The summed E-state index contributed by atoms with van der Waals surface area (Å²) in [7, 11) is 1.91. The van der Waals surface area contributed by atoms with Crippen LogP contribution in [0.1, 0.15) is 19.0 Å². The number of aromatic nitrogens is 1. The molecule has 2 atom stereocenters. The Labute approximate surface area is 127 Å². The van der Waals surface area contributed by atoms with Gasteiger partial charge in [-0.05, 0) is 25.5 Å². The molecule has 1 aromatic rings. The number of nitrogens with zero attached hydrogens (tertiary/aromatic N) is 2. The Morgan fingerprint density at radius 3 is 2.81 bits per heavy atom. The molecule has 2 heterocycles. The number of methoxy groups -OCH3 is 1. The number of hydrogen-bond donors (Lipinski definition) is 1. The van der Waals surface area contributed by atoms with Crippen molar-refractivity contribution in [3.05, 3.63) is 18.0 Å². The number of rotatable bonds is 5. The van der Waals surface area contributed by atoms with Crippen molar-refractivity contribution < 1.29 is 13.2 Å². The molecule has 0 aliphatic carbocycles. The highest BCUT2D eigenvalue weighted by atomic mass is 32.2. The number of sulfonamides is 1. The lowest BCUT2D eigenvalue weighted by Crippen LogP contribution is -2.46. The second-order valence-electron chi connectivity index (χ2n) is 5.71. The van der Waals surface area contributed by atoms with Gasteiger partial charge in [-0.3, -0.25) is 0 Å². The summed E-state index contributed by atoms with van der Waals surface area (Å²) >= 11 is 0. The van der Waals surface area contributed by atoms with E-state index in [1.54, 1.807) is 23.7 Å². The Bertz CT molecular complexity index is 582. The quantitative estimate of drug-likeness (QED) is 0.872. The summed E-state index contributed by atoms with van der Waals surface area (Å²) in [6.45, 7) is 3.73. The molecule has 0 amide bonds. The number of piperidine rings is 1. The standard InChI is InChI=1S/C14H25N3O3S/c1-11-5-6-17(10-14(11)20-4)21(18,19)13-7-12(8-15-2)16(3)9-13/h7,9,11,14-15H,5-6,8,10H2,1-4H3. The maximum atomic E-state index is 12.8. The predicted molar refractivity (Wildman–Crippen MR) is 81.5 cm³/mol. The lowest BCUT2D eigenvalue weighted by atomic mass is 9.97. The van der Waals surface area contributed by atoms with E-state index in [1.165, 1.54) is 0 Å². The molecule has 0 radical (unpaired) electrons. The van der Waals surface area contributed by atoms with Gasteiger partial charge in [0.2, 0.25) is 10.0 Å². The Morgan fingerprint density at radius 2 is 2.19 bits per heavy atom. The van der Waals surface area contributed by atoms with Crippen LogP contribution >= 0.6 is 0 Å². The Hall–Kier alpha value is -0.890. The van der Waals surface area contributed by atoms with E-state index >= 15 is 0 Å². The largest absolute Gasteiger partial charge is 0.380 e. The summed E-state index contributed by atoms with van der Waals surface area (Å²) in [5.41, 5.74) is 0.949. The molecule has 2 rings (SSSR count). The molecule has 1 N–H and O–H groups in total. The zero-order valence-electron chi connectivity index (χ0n) is 13.2. The van der Waals surface area contributed by atoms with Gasteiger partial charge < -0.3 is 14.6 Å². The maximum Gasteiger partial charge on any atom is 0.244 e. The van der Waals surface area contributed by atoms with Gasteiger partial charge in [0.1, 0.15) is 4.90 Å². The van der Waals surface area contributed by atoms with Crippen LogP contribution in [0, 0.1) is 5.92 Å². The molecule has 21 heavy (non-hydrogen) atoms. The van der Waals surface area contributed by atoms with Crippen molar-refractivity contribution in [2.45, 2.75) is 30.9 Å². The number of ether oxygens (including phenoxy) is 1. The van der Waals surface area contributed by atoms with E-state index in [1.807, 2.05) is 18.7 Å². The van der Waals surface area contributed by atoms with Crippen LogP contribution in [0.25, 0.3) is 0 Å². The van der Waals surface area contributed by atoms with Gasteiger partial charge in [-0.2, -0.15) is 4.31 Å². The smallest absolute Gasteiger partial charge is 0.244 e. The van der Waals surface area contributed by atoms with Gasteiger partial charge in [-0.15, -0.1) is 0 Å². The molecule has 1 fully saturated rings. The molecular weight excluding hydrogens is 290 g/mol. The fourth-order valence-corrected chi connectivity index (χ4v) is 4.32. The fraction of sp³-hybridized carbons (Fsp3) is 0.714. The van der Waals surface area contributed by atoms with Crippen LogP contribution in [-0.2, 0) is 28.4 Å². The van der Waals surface area contributed by atoms with Crippen LogP contribution in [0.3, 0.4) is 0 Å². The van der Waals surface area contributed by atoms with Crippen molar-refractivity contribution in [3.8, 4) is 0 Å². The van der Waals surface area contributed by atoms with Gasteiger partial charge in [0.25, 0.3) is 0 Å². The van der Waals surface area contributed by atoms with Gasteiger partial charge in [0.05, 0.1) is 6.10 Å². The molecule has 6 nitrogen and oxygen atoms in total. The highest BCUT2D eigenvalue weighted by molar-refractivity contribution is 7.89. The van der Waals surface area contributed by atoms with E-state index in [9.17, 15) is 8.42 Å². The van der Waals surface area contributed by atoms with Crippen LogP contribution in [0.2, 0.25) is 0 Å². The molecule has 1 saturated heterocycles. The average molecular weight is 315 g/mol. The van der Waals surface area contributed by atoms with Gasteiger partial charge >= 0.3 is 0 Å². The summed E-state index contributed by atoms with van der Waals surface area (Å²) < 4.78 is 34.3. The van der Waals surface area contributed by atoms with Gasteiger partial charge in [-0.1, -0.05) is 6.92 Å². The second-order valence-corrected chi connectivity index (χ2v) is 7.65. The first-order valence-electron chi connectivity index (χ1n) is 7.23. The molecule has 1 aliphatic rings. The Kier molecular flexibility index (Phi) is 5.08. The van der Waals surface area contributed by atoms with E-state index in [0.29, 0.717) is 30.4 Å². The molecule has 1 aromatic heterocycles. The second kappa shape index (κ2) is 6.48. The van der Waals surface area contributed by atoms with Crippen molar-refractivity contribution in [2.24, 2.45) is 13.0 Å². The van der Waals surface area contributed by atoms with Gasteiger partial charge in [0, 0.05) is 45.7 Å². The third-order valence-electron chi connectivity index (χ3n) is 4.23. The van der Waals surface area contributed by atoms with Gasteiger partial charge in [0.15, 0.2) is 0 Å². The van der Waals surface area contributed by atoms with Crippen LogP contribution in [0.5, 0.6) is 0 Å². The van der Waals surface area contributed by atoms with Gasteiger partial charge in [-0.25, -0.2) is 8.42 Å². The molecule has 1 aliphatic heterocycles. The summed E-state index contributed by atoms with van der Waals surface area (Å²) in [6.07, 6.45) is 2.48. The molecule has 0 bridgehead atoms. The average Bonchev–Trinajstić information content (AvgIpc) is 2.82.